The molecule has 0 heterocycles. The minimum Gasteiger partial charge on any atom is -0.0654 e. The van der Waals surface area contributed by atoms with Crippen LogP contribution in [-0.2, 0) is 0 Å². The molecular weight excluding hydrogens is 264 g/mol. The van der Waals surface area contributed by atoms with Gasteiger partial charge in [0, 0.05) is 0 Å². The lowest BCUT2D eigenvalue weighted by atomic mass is 9.84. The average molecular weight is 311 g/mol. The van der Waals surface area contributed by atoms with Crippen molar-refractivity contribution >= 4 is 0 Å². The Morgan fingerprint density at radius 2 is 1.14 bits per heavy atom. The summed E-state index contributed by atoms with van der Waals surface area (Å²) in [6.45, 7) is 11.9. The van der Waals surface area contributed by atoms with Gasteiger partial charge < -0.3 is 0 Å². The molecule has 0 aliphatic heterocycles. The van der Waals surface area contributed by atoms with E-state index in [1.54, 1.807) is 0 Å². The summed E-state index contributed by atoms with van der Waals surface area (Å²) in [5.41, 5.74) is 0. The highest BCUT2D eigenvalue weighted by Gasteiger charge is 2.14. The van der Waals surface area contributed by atoms with E-state index >= 15 is 0 Å². The maximum Gasteiger partial charge on any atom is -0.0391 e. The van der Waals surface area contributed by atoms with Crippen molar-refractivity contribution in [3.63, 3.8) is 0 Å². The predicted molar refractivity (Wildman–Crippen MR) is 103 cm³/mol. The van der Waals surface area contributed by atoms with Crippen LogP contribution in [0.2, 0.25) is 0 Å². The van der Waals surface area contributed by atoms with Crippen molar-refractivity contribution in [1.29, 1.82) is 0 Å². The fourth-order valence-electron chi connectivity index (χ4n) is 4.10. The van der Waals surface area contributed by atoms with E-state index in [1.165, 1.54) is 89.9 Å². The molecule has 0 rings (SSSR count). The van der Waals surface area contributed by atoms with Crippen LogP contribution in [0.15, 0.2) is 0 Å². The van der Waals surface area contributed by atoms with Gasteiger partial charge in [-0.25, -0.2) is 0 Å². The average Bonchev–Trinajstić information content (AvgIpc) is 2.52. The standard InChI is InChI=1S/C22H46/c1-6-10-12-18-21(15-7-2)19-14-11-13-17-20(5)22(9-4)16-8-3/h20-22H,6-19H2,1-5H3. The van der Waals surface area contributed by atoms with Crippen LogP contribution < -0.4 is 0 Å². The van der Waals surface area contributed by atoms with E-state index in [4.69, 9.17) is 0 Å². The van der Waals surface area contributed by atoms with Crippen LogP contribution in [0.4, 0.5) is 0 Å². The molecule has 0 N–H and O–H groups in total. The highest BCUT2D eigenvalue weighted by molar-refractivity contribution is 4.66. The quantitative estimate of drug-likeness (QED) is 0.251. The van der Waals surface area contributed by atoms with E-state index in [-0.39, 0.29) is 0 Å². The van der Waals surface area contributed by atoms with Gasteiger partial charge in [0.2, 0.25) is 0 Å². The van der Waals surface area contributed by atoms with E-state index in [2.05, 4.69) is 34.6 Å². The molecule has 0 aliphatic rings. The topological polar surface area (TPSA) is 0 Å². The van der Waals surface area contributed by atoms with Gasteiger partial charge in [-0.15, -0.1) is 0 Å². The fraction of sp³-hybridized carbons (Fsp3) is 1.00. The molecule has 134 valence electrons. The molecule has 0 saturated heterocycles. The largest absolute Gasteiger partial charge is 0.0654 e. The van der Waals surface area contributed by atoms with Crippen LogP contribution in [0.3, 0.4) is 0 Å². The summed E-state index contributed by atoms with van der Waals surface area (Å²) < 4.78 is 0. The Bertz CT molecular complexity index is 208. The molecule has 22 heavy (non-hydrogen) atoms. The van der Waals surface area contributed by atoms with Crippen LogP contribution in [0, 0.1) is 17.8 Å². The lowest BCUT2D eigenvalue weighted by Gasteiger charge is -2.22. The summed E-state index contributed by atoms with van der Waals surface area (Å²) in [7, 11) is 0. The van der Waals surface area contributed by atoms with Crippen LogP contribution in [0.5, 0.6) is 0 Å². The third-order valence-corrected chi connectivity index (χ3v) is 5.67. The minimum atomic E-state index is 0.945. The van der Waals surface area contributed by atoms with Crippen molar-refractivity contribution in [1.82, 2.24) is 0 Å². The van der Waals surface area contributed by atoms with Gasteiger partial charge in [-0.3, -0.25) is 0 Å². The molecular formula is C22H46. The second-order valence-corrected chi connectivity index (χ2v) is 7.72. The number of rotatable bonds is 16. The van der Waals surface area contributed by atoms with Crippen molar-refractivity contribution in [2.24, 2.45) is 17.8 Å². The Labute approximate surface area is 142 Å². The predicted octanol–water partition coefficient (Wildman–Crippen LogP) is 8.40. The Kier molecular flexibility index (Phi) is 15.9. The van der Waals surface area contributed by atoms with Crippen LogP contribution in [-0.4, -0.2) is 0 Å². The maximum atomic E-state index is 2.49. The molecule has 0 aromatic rings. The molecule has 0 radical (unpaired) electrons. The van der Waals surface area contributed by atoms with Gasteiger partial charge in [-0.05, 0) is 17.8 Å². The van der Waals surface area contributed by atoms with Gasteiger partial charge in [-0.1, -0.05) is 125 Å². The maximum absolute atomic E-state index is 2.49. The van der Waals surface area contributed by atoms with E-state index in [0.29, 0.717) is 0 Å². The Hall–Kier alpha value is 0. The molecule has 0 fully saturated rings. The third-order valence-electron chi connectivity index (χ3n) is 5.67. The normalized spacial score (nSPS) is 15.7. The van der Waals surface area contributed by atoms with Crippen LogP contribution in [0.1, 0.15) is 125 Å². The molecule has 0 spiro atoms. The van der Waals surface area contributed by atoms with Crippen LogP contribution >= 0.6 is 0 Å². The molecule has 3 atom stereocenters. The molecule has 0 bridgehead atoms. The Morgan fingerprint density at radius 3 is 1.68 bits per heavy atom. The van der Waals surface area contributed by atoms with Crippen molar-refractivity contribution in [2.45, 2.75) is 125 Å². The van der Waals surface area contributed by atoms with Crippen LogP contribution in [0.25, 0.3) is 0 Å². The monoisotopic (exact) mass is 310 g/mol. The highest BCUT2D eigenvalue weighted by Crippen LogP contribution is 2.27. The van der Waals surface area contributed by atoms with Gasteiger partial charge in [0.15, 0.2) is 0 Å². The summed E-state index contributed by atoms with van der Waals surface area (Å²) in [5, 5.41) is 0. The summed E-state index contributed by atoms with van der Waals surface area (Å²) in [4.78, 5) is 0. The van der Waals surface area contributed by atoms with E-state index < -0.39 is 0 Å². The zero-order chi connectivity index (χ0) is 16.6. The van der Waals surface area contributed by atoms with Gasteiger partial charge in [0.1, 0.15) is 0 Å². The molecule has 0 heteroatoms. The van der Waals surface area contributed by atoms with Crippen molar-refractivity contribution in [3.05, 3.63) is 0 Å². The first-order valence-corrected chi connectivity index (χ1v) is 10.7. The first-order chi connectivity index (χ1) is 10.7. The smallest absolute Gasteiger partial charge is 0.0391 e. The number of hydrogen-bond acceptors (Lipinski definition) is 0. The Morgan fingerprint density at radius 1 is 0.545 bits per heavy atom. The third kappa shape index (κ3) is 11.6. The van der Waals surface area contributed by atoms with E-state index in [9.17, 15) is 0 Å². The first kappa shape index (κ1) is 22.0. The van der Waals surface area contributed by atoms with Crippen molar-refractivity contribution in [3.8, 4) is 0 Å². The summed E-state index contributed by atoms with van der Waals surface area (Å²) in [5.74, 6) is 2.95. The van der Waals surface area contributed by atoms with Gasteiger partial charge >= 0.3 is 0 Å². The number of hydrogen-bond donors (Lipinski definition) is 0. The molecule has 0 aromatic carbocycles. The molecule has 0 aromatic heterocycles. The first-order valence-electron chi connectivity index (χ1n) is 10.7. The van der Waals surface area contributed by atoms with Gasteiger partial charge in [-0.2, -0.15) is 0 Å². The van der Waals surface area contributed by atoms with E-state index in [0.717, 1.165) is 17.8 Å². The van der Waals surface area contributed by atoms with Crippen molar-refractivity contribution < 1.29 is 0 Å². The molecule has 0 amide bonds. The fourth-order valence-corrected chi connectivity index (χ4v) is 4.10. The molecule has 0 saturated carbocycles. The number of unbranched alkanes of at least 4 members (excludes halogenated alkanes) is 4. The highest BCUT2D eigenvalue weighted by atomic mass is 14.2. The molecule has 3 unspecified atom stereocenters. The van der Waals surface area contributed by atoms with E-state index in [1.807, 2.05) is 0 Å². The lowest BCUT2D eigenvalue weighted by Crippen LogP contribution is -2.10. The van der Waals surface area contributed by atoms with Gasteiger partial charge in [0.05, 0.1) is 0 Å². The molecule has 0 aliphatic carbocycles. The van der Waals surface area contributed by atoms with Crippen molar-refractivity contribution in [2.75, 3.05) is 0 Å². The summed E-state index contributed by atoms with van der Waals surface area (Å²) in [6, 6.07) is 0. The second-order valence-electron chi connectivity index (χ2n) is 7.72. The Balaban J connectivity index is 3.74. The van der Waals surface area contributed by atoms with Gasteiger partial charge in [0.25, 0.3) is 0 Å². The zero-order valence-corrected chi connectivity index (χ0v) is 16.6. The summed E-state index contributed by atoms with van der Waals surface area (Å²) >= 11 is 0. The molecule has 0 nitrogen and oxygen atoms in total. The minimum absolute atomic E-state index is 0.945. The second kappa shape index (κ2) is 15.9. The zero-order valence-electron chi connectivity index (χ0n) is 16.6. The lowest BCUT2D eigenvalue weighted by molar-refractivity contribution is 0.295. The SMILES string of the molecule is CCCCCC(CCC)CCCCCC(C)C(CC)CCC. The summed E-state index contributed by atoms with van der Waals surface area (Å²) in [6.07, 6.45) is 20.2.